The average Bonchev–Trinajstić information content (AvgIpc) is 2.31. The molecule has 0 aliphatic rings. The third-order valence-electron chi connectivity index (χ3n) is 2.22. The number of anilines is 2. The van der Waals surface area contributed by atoms with Gasteiger partial charge in [0, 0.05) is 6.42 Å². The standard InChI is InChI=1S/C12H16N2O3/c1-3-4-11(15)14-10-6-5-8(7-9(10)13)12(16)17-2/h5-7H,3-4,13H2,1-2H3,(H,14,15). The van der Waals surface area contributed by atoms with E-state index in [1.54, 1.807) is 12.1 Å². The molecule has 0 spiro atoms. The highest BCUT2D eigenvalue weighted by Crippen LogP contribution is 2.20. The summed E-state index contributed by atoms with van der Waals surface area (Å²) in [5.41, 5.74) is 6.95. The van der Waals surface area contributed by atoms with E-state index < -0.39 is 5.97 Å². The fourth-order valence-corrected chi connectivity index (χ4v) is 1.36. The monoisotopic (exact) mass is 236 g/mol. The Morgan fingerprint density at radius 1 is 1.41 bits per heavy atom. The lowest BCUT2D eigenvalue weighted by atomic mass is 10.1. The number of hydrogen-bond donors (Lipinski definition) is 2. The number of ether oxygens (including phenoxy) is 1. The van der Waals surface area contributed by atoms with Crippen LogP contribution in [-0.2, 0) is 9.53 Å². The second kappa shape index (κ2) is 5.89. The molecule has 0 heterocycles. The summed E-state index contributed by atoms with van der Waals surface area (Å²) in [6.45, 7) is 1.92. The van der Waals surface area contributed by atoms with Crippen LogP contribution in [0.5, 0.6) is 0 Å². The number of esters is 1. The summed E-state index contributed by atoms with van der Waals surface area (Å²) in [6, 6.07) is 4.63. The van der Waals surface area contributed by atoms with Crippen molar-refractivity contribution in [2.24, 2.45) is 0 Å². The quantitative estimate of drug-likeness (QED) is 0.617. The third-order valence-corrected chi connectivity index (χ3v) is 2.22. The summed E-state index contributed by atoms with van der Waals surface area (Å²) in [7, 11) is 1.30. The number of rotatable bonds is 4. The van der Waals surface area contributed by atoms with Crippen molar-refractivity contribution in [3.63, 3.8) is 0 Å². The molecule has 17 heavy (non-hydrogen) atoms. The fraction of sp³-hybridized carbons (Fsp3) is 0.333. The van der Waals surface area contributed by atoms with Gasteiger partial charge < -0.3 is 15.8 Å². The zero-order chi connectivity index (χ0) is 12.8. The van der Waals surface area contributed by atoms with Crippen molar-refractivity contribution in [2.75, 3.05) is 18.2 Å². The Balaban J connectivity index is 2.83. The van der Waals surface area contributed by atoms with Gasteiger partial charge in [0.05, 0.1) is 24.0 Å². The molecule has 0 bridgehead atoms. The summed E-state index contributed by atoms with van der Waals surface area (Å²) in [5, 5.41) is 2.68. The van der Waals surface area contributed by atoms with Crippen LogP contribution < -0.4 is 11.1 Å². The topological polar surface area (TPSA) is 81.4 Å². The summed E-state index contributed by atoms with van der Waals surface area (Å²) in [5.74, 6) is -0.548. The summed E-state index contributed by atoms with van der Waals surface area (Å²) in [6.07, 6.45) is 1.21. The average molecular weight is 236 g/mol. The molecule has 0 saturated heterocycles. The Morgan fingerprint density at radius 3 is 2.65 bits per heavy atom. The summed E-state index contributed by atoms with van der Waals surface area (Å²) in [4.78, 5) is 22.6. The molecule has 5 heteroatoms. The smallest absolute Gasteiger partial charge is 0.337 e. The summed E-state index contributed by atoms with van der Waals surface area (Å²) < 4.78 is 4.57. The lowest BCUT2D eigenvalue weighted by Gasteiger charge is -2.08. The molecule has 92 valence electrons. The van der Waals surface area contributed by atoms with Gasteiger partial charge in [-0.05, 0) is 24.6 Å². The van der Waals surface area contributed by atoms with Crippen LogP contribution in [0.1, 0.15) is 30.1 Å². The molecular formula is C12H16N2O3. The Bertz CT molecular complexity index is 430. The van der Waals surface area contributed by atoms with Crippen molar-refractivity contribution in [1.82, 2.24) is 0 Å². The lowest BCUT2D eigenvalue weighted by Crippen LogP contribution is -2.12. The first-order valence-electron chi connectivity index (χ1n) is 5.36. The number of nitrogen functional groups attached to an aromatic ring is 1. The van der Waals surface area contributed by atoms with Crippen LogP contribution in [0.25, 0.3) is 0 Å². The molecule has 0 aromatic heterocycles. The van der Waals surface area contributed by atoms with Crippen LogP contribution in [0.3, 0.4) is 0 Å². The zero-order valence-corrected chi connectivity index (χ0v) is 9.95. The van der Waals surface area contributed by atoms with Crippen molar-refractivity contribution in [3.05, 3.63) is 23.8 Å². The number of hydrogen-bond acceptors (Lipinski definition) is 4. The first kappa shape index (κ1) is 13.0. The third kappa shape index (κ3) is 3.48. The number of nitrogens with one attached hydrogen (secondary N) is 1. The van der Waals surface area contributed by atoms with Crippen LogP contribution in [0, 0.1) is 0 Å². The Hall–Kier alpha value is -2.04. The van der Waals surface area contributed by atoms with Gasteiger partial charge in [-0.15, -0.1) is 0 Å². The van der Waals surface area contributed by atoms with Gasteiger partial charge in [-0.3, -0.25) is 4.79 Å². The van der Waals surface area contributed by atoms with E-state index in [1.807, 2.05) is 6.92 Å². The highest BCUT2D eigenvalue weighted by molar-refractivity contribution is 5.96. The van der Waals surface area contributed by atoms with E-state index in [-0.39, 0.29) is 5.91 Å². The largest absolute Gasteiger partial charge is 0.465 e. The van der Waals surface area contributed by atoms with Gasteiger partial charge in [0.2, 0.25) is 5.91 Å². The van der Waals surface area contributed by atoms with E-state index in [0.29, 0.717) is 23.4 Å². The molecule has 1 aromatic rings. The van der Waals surface area contributed by atoms with Crippen molar-refractivity contribution in [1.29, 1.82) is 0 Å². The number of amides is 1. The maximum atomic E-state index is 11.4. The summed E-state index contributed by atoms with van der Waals surface area (Å²) >= 11 is 0. The molecule has 0 aliphatic carbocycles. The fourth-order valence-electron chi connectivity index (χ4n) is 1.36. The van der Waals surface area contributed by atoms with Gasteiger partial charge in [-0.2, -0.15) is 0 Å². The molecule has 5 nitrogen and oxygen atoms in total. The molecule has 1 amide bonds. The number of carbonyl (C=O) groups excluding carboxylic acids is 2. The molecule has 1 rings (SSSR count). The first-order valence-corrected chi connectivity index (χ1v) is 5.36. The molecule has 0 atom stereocenters. The highest BCUT2D eigenvalue weighted by atomic mass is 16.5. The number of benzene rings is 1. The van der Waals surface area contributed by atoms with E-state index in [0.717, 1.165) is 6.42 Å². The van der Waals surface area contributed by atoms with E-state index in [2.05, 4.69) is 10.1 Å². The molecule has 0 aliphatic heterocycles. The van der Waals surface area contributed by atoms with Crippen molar-refractivity contribution in [2.45, 2.75) is 19.8 Å². The van der Waals surface area contributed by atoms with Crippen molar-refractivity contribution < 1.29 is 14.3 Å². The number of carbonyl (C=O) groups is 2. The predicted molar refractivity (Wildman–Crippen MR) is 65.7 cm³/mol. The molecule has 0 radical (unpaired) electrons. The van der Waals surface area contributed by atoms with E-state index >= 15 is 0 Å². The number of nitrogens with two attached hydrogens (primary N) is 1. The van der Waals surface area contributed by atoms with Gasteiger partial charge in [0.15, 0.2) is 0 Å². The van der Waals surface area contributed by atoms with Crippen LogP contribution in [-0.4, -0.2) is 19.0 Å². The molecule has 0 saturated carbocycles. The second-order valence-corrected chi connectivity index (χ2v) is 3.59. The molecule has 0 fully saturated rings. The normalized spacial score (nSPS) is 9.76. The van der Waals surface area contributed by atoms with E-state index in [1.165, 1.54) is 13.2 Å². The van der Waals surface area contributed by atoms with Crippen molar-refractivity contribution in [3.8, 4) is 0 Å². The van der Waals surface area contributed by atoms with Gasteiger partial charge in [0.25, 0.3) is 0 Å². The van der Waals surface area contributed by atoms with E-state index in [9.17, 15) is 9.59 Å². The number of methoxy groups -OCH3 is 1. The van der Waals surface area contributed by atoms with Crippen molar-refractivity contribution >= 4 is 23.3 Å². The zero-order valence-electron chi connectivity index (χ0n) is 9.95. The van der Waals surface area contributed by atoms with Crippen LogP contribution in [0.2, 0.25) is 0 Å². The van der Waals surface area contributed by atoms with Gasteiger partial charge in [0.1, 0.15) is 0 Å². The Kier molecular flexibility index (Phi) is 4.51. The molecular weight excluding hydrogens is 220 g/mol. The Labute approximate surface area is 99.9 Å². The molecule has 1 aromatic carbocycles. The maximum absolute atomic E-state index is 11.4. The van der Waals surface area contributed by atoms with Gasteiger partial charge in [-0.25, -0.2) is 4.79 Å². The first-order chi connectivity index (χ1) is 8.08. The minimum absolute atomic E-state index is 0.0926. The molecule has 3 N–H and O–H groups in total. The van der Waals surface area contributed by atoms with Crippen LogP contribution in [0.15, 0.2) is 18.2 Å². The SMILES string of the molecule is CCCC(=O)Nc1ccc(C(=O)OC)cc1N. The second-order valence-electron chi connectivity index (χ2n) is 3.59. The van der Waals surface area contributed by atoms with Gasteiger partial charge in [-0.1, -0.05) is 6.92 Å². The van der Waals surface area contributed by atoms with E-state index in [4.69, 9.17) is 5.73 Å². The maximum Gasteiger partial charge on any atom is 0.337 e. The minimum Gasteiger partial charge on any atom is -0.465 e. The van der Waals surface area contributed by atoms with Crippen LogP contribution >= 0.6 is 0 Å². The highest BCUT2D eigenvalue weighted by Gasteiger charge is 2.09. The van der Waals surface area contributed by atoms with Gasteiger partial charge >= 0.3 is 5.97 Å². The van der Waals surface area contributed by atoms with Crippen LogP contribution in [0.4, 0.5) is 11.4 Å². The Morgan fingerprint density at radius 2 is 2.12 bits per heavy atom. The molecule has 0 unspecified atom stereocenters. The minimum atomic E-state index is -0.455. The lowest BCUT2D eigenvalue weighted by molar-refractivity contribution is -0.116. The predicted octanol–water partition coefficient (Wildman–Crippen LogP) is 1.79.